The Kier molecular flexibility index (Phi) is 5.08. The number of nitrogens with zero attached hydrogens (tertiary/aromatic N) is 2. The van der Waals surface area contributed by atoms with Crippen molar-refractivity contribution >= 4 is 5.78 Å². The highest BCUT2D eigenvalue weighted by atomic mass is 19.1. The molecule has 0 saturated carbocycles. The van der Waals surface area contributed by atoms with Crippen molar-refractivity contribution in [1.82, 2.24) is 9.80 Å². The molecule has 4 nitrogen and oxygen atoms in total. The van der Waals surface area contributed by atoms with Crippen LogP contribution in [0.2, 0.25) is 0 Å². The molecule has 1 heterocycles. The molecule has 116 valence electrons. The molecule has 1 N–H and O–H groups in total. The summed E-state index contributed by atoms with van der Waals surface area (Å²) in [4.78, 5) is 16.4. The predicted octanol–water partition coefficient (Wildman–Crippen LogP) is 1.40. The smallest absolute Gasteiger partial charge is 0.176 e. The van der Waals surface area contributed by atoms with E-state index in [2.05, 4.69) is 9.80 Å². The molecule has 0 bridgehead atoms. The van der Waals surface area contributed by atoms with Gasteiger partial charge in [-0.25, -0.2) is 4.39 Å². The first-order chi connectivity index (χ1) is 9.83. The van der Waals surface area contributed by atoms with Crippen LogP contribution in [0.4, 0.5) is 4.39 Å². The number of Topliss-reactive ketones (excluding diaryl/α,β-unsaturated/α-hetero) is 1. The van der Waals surface area contributed by atoms with E-state index in [1.54, 1.807) is 26.0 Å². The van der Waals surface area contributed by atoms with Crippen molar-refractivity contribution < 1.29 is 14.3 Å². The topological polar surface area (TPSA) is 43.8 Å². The van der Waals surface area contributed by atoms with E-state index in [1.807, 2.05) is 0 Å². The molecule has 1 saturated heterocycles. The Morgan fingerprint density at radius 1 is 1.24 bits per heavy atom. The molecule has 0 aliphatic carbocycles. The molecular formula is C16H23FN2O2. The molecule has 1 fully saturated rings. The van der Waals surface area contributed by atoms with E-state index in [1.165, 1.54) is 12.1 Å². The van der Waals surface area contributed by atoms with Gasteiger partial charge < -0.3 is 5.11 Å². The fourth-order valence-electron chi connectivity index (χ4n) is 2.61. The maximum absolute atomic E-state index is 13.1. The van der Waals surface area contributed by atoms with Crippen LogP contribution in [0.1, 0.15) is 24.2 Å². The fraction of sp³-hybridized carbons (Fsp3) is 0.562. The molecule has 21 heavy (non-hydrogen) atoms. The number of carbonyl (C=O) groups excluding carboxylic acids is 1. The first-order valence-electron chi connectivity index (χ1n) is 7.29. The highest BCUT2D eigenvalue weighted by Crippen LogP contribution is 2.10. The van der Waals surface area contributed by atoms with Crippen LogP contribution < -0.4 is 0 Å². The molecule has 5 heteroatoms. The number of rotatable bonds is 5. The number of aliphatic hydroxyl groups is 1. The maximum atomic E-state index is 13.1. The Morgan fingerprint density at radius 2 is 1.86 bits per heavy atom. The van der Waals surface area contributed by atoms with Gasteiger partial charge in [0.05, 0.1) is 12.1 Å². The summed E-state index contributed by atoms with van der Waals surface area (Å²) >= 11 is 0. The number of β-amino-alcohol motifs (C(OH)–C–C–N with tert-alkyl or cyclic N) is 1. The highest BCUT2D eigenvalue weighted by Gasteiger charge is 2.23. The van der Waals surface area contributed by atoms with Crippen LogP contribution in [0.25, 0.3) is 0 Å². The lowest BCUT2D eigenvalue weighted by atomic mass is 10.1. The van der Waals surface area contributed by atoms with Gasteiger partial charge in [0, 0.05) is 38.3 Å². The van der Waals surface area contributed by atoms with E-state index >= 15 is 0 Å². The van der Waals surface area contributed by atoms with Crippen molar-refractivity contribution in [3.8, 4) is 0 Å². The van der Waals surface area contributed by atoms with Gasteiger partial charge in [0.15, 0.2) is 5.78 Å². The fourth-order valence-corrected chi connectivity index (χ4v) is 2.61. The lowest BCUT2D eigenvalue weighted by Gasteiger charge is -2.37. The Hall–Kier alpha value is -1.30. The largest absolute Gasteiger partial charge is 0.389 e. The van der Waals surface area contributed by atoms with Crippen LogP contribution in [-0.2, 0) is 0 Å². The number of hydrogen-bond donors (Lipinski definition) is 1. The third-order valence-corrected chi connectivity index (χ3v) is 3.59. The number of carbonyl (C=O) groups is 1. The first-order valence-corrected chi connectivity index (χ1v) is 7.29. The van der Waals surface area contributed by atoms with Gasteiger partial charge >= 0.3 is 0 Å². The van der Waals surface area contributed by atoms with E-state index in [0.717, 1.165) is 26.2 Å². The third kappa shape index (κ3) is 5.19. The average molecular weight is 294 g/mol. The lowest BCUT2D eigenvalue weighted by molar-refractivity contribution is 0.0179. The van der Waals surface area contributed by atoms with Crippen LogP contribution in [-0.4, -0.2) is 65.6 Å². The summed E-state index contributed by atoms with van der Waals surface area (Å²) in [5.41, 5.74) is -0.270. The number of halogens is 1. The van der Waals surface area contributed by atoms with E-state index in [-0.39, 0.29) is 11.6 Å². The first kappa shape index (κ1) is 16.1. The average Bonchev–Trinajstić information content (AvgIpc) is 2.39. The van der Waals surface area contributed by atoms with Gasteiger partial charge in [-0.3, -0.25) is 14.6 Å². The van der Waals surface area contributed by atoms with E-state index in [9.17, 15) is 14.3 Å². The molecule has 0 amide bonds. The van der Waals surface area contributed by atoms with Crippen molar-refractivity contribution in [2.24, 2.45) is 0 Å². The van der Waals surface area contributed by atoms with Gasteiger partial charge in [-0.15, -0.1) is 0 Å². The molecule has 0 unspecified atom stereocenters. The van der Waals surface area contributed by atoms with Crippen LogP contribution in [0.3, 0.4) is 0 Å². The lowest BCUT2D eigenvalue weighted by Crippen LogP contribution is -2.51. The molecule has 1 aliphatic heterocycles. The molecule has 0 atom stereocenters. The standard InChI is InChI=1S/C16H23FN2O2/c1-16(2,21)12-19-8-6-18(7-9-19)11-15(20)13-4-3-5-14(17)10-13/h3-5,10,21H,6-9,11-12H2,1-2H3. The Balaban J connectivity index is 1.82. The molecular weight excluding hydrogens is 271 g/mol. The van der Waals surface area contributed by atoms with Gasteiger partial charge in [-0.2, -0.15) is 0 Å². The van der Waals surface area contributed by atoms with Crippen molar-refractivity contribution in [2.75, 3.05) is 39.3 Å². The normalized spacial score (nSPS) is 17.9. The summed E-state index contributed by atoms with van der Waals surface area (Å²) in [5, 5.41) is 9.81. The van der Waals surface area contributed by atoms with E-state index in [4.69, 9.17) is 0 Å². The second-order valence-corrected chi connectivity index (χ2v) is 6.30. The predicted molar refractivity (Wildman–Crippen MR) is 79.9 cm³/mol. The zero-order chi connectivity index (χ0) is 15.5. The number of piperazine rings is 1. The maximum Gasteiger partial charge on any atom is 0.176 e. The molecule has 2 rings (SSSR count). The molecule has 0 spiro atoms. The highest BCUT2D eigenvalue weighted by molar-refractivity contribution is 5.97. The molecule has 1 aliphatic rings. The van der Waals surface area contributed by atoms with Gasteiger partial charge in [0.1, 0.15) is 5.82 Å². The van der Waals surface area contributed by atoms with Crippen LogP contribution >= 0.6 is 0 Å². The summed E-state index contributed by atoms with van der Waals surface area (Å²) < 4.78 is 13.1. The Labute approximate surface area is 125 Å². The second kappa shape index (κ2) is 6.64. The number of benzene rings is 1. The van der Waals surface area contributed by atoms with Crippen LogP contribution in [0.5, 0.6) is 0 Å². The van der Waals surface area contributed by atoms with Crippen molar-refractivity contribution in [3.05, 3.63) is 35.6 Å². The molecule has 1 aromatic carbocycles. The quantitative estimate of drug-likeness (QED) is 0.834. The van der Waals surface area contributed by atoms with E-state index < -0.39 is 5.60 Å². The SMILES string of the molecule is CC(C)(O)CN1CCN(CC(=O)c2cccc(F)c2)CC1. The molecule has 1 aromatic rings. The van der Waals surface area contributed by atoms with Crippen molar-refractivity contribution in [1.29, 1.82) is 0 Å². The second-order valence-electron chi connectivity index (χ2n) is 6.30. The monoisotopic (exact) mass is 294 g/mol. The molecule has 0 radical (unpaired) electrons. The third-order valence-electron chi connectivity index (χ3n) is 3.59. The van der Waals surface area contributed by atoms with Gasteiger partial charge in [-0.1, -0.05) is 12.1 Å². The van der Waals surface area contributed by atoms with Gasteiger partial charge in [-0.05, 0) is 26.0 Å². The van der Waals surface area contributed by atoms with Gasteiger partial charge in [0.25, 0.3) is 0 Å². The van der Waals surface area contributed by atoms with Crippen molar-refractivity contribution in [2.45, 2.75) is 19.4 Å². The van der Waals surface area contributed by atoms with Crippen LogP contribution in [0.15, 0.2) is 24.3 Å². The van der Waals surface area contributed by atoms with Crippen molar-refractivity contribution in [3.63, 3.8) is 0 Å². The van der Waals surface area contributed by atoms with Gasteiger partial charge in [0.2, 0.25) is 0 Å². The number of ketones is 1. The zero-order valence-electron chi connectivity index (χ0n) is 12.7. The minimum Gasteiger partial charge on any atom is -0.389 e. The van der Waals surface area contributed by atoms with E-state index in [0.29, 0.717) is 18.7 Å². The Bertz CT molecular complexity index is 491. The summed E-state index contributed by atoms with van der Waals surface area (Å²) in [6.45, 7) is 7.80. The summed E-state index contributed by atoms with van der Waals surface area (Å²) in [5.74, 6) is -0.429. The Morgan fingerprint density at radius 3 is 2.43 bits per heavy atom. The molecule has 0 aromatic heterocycles. The summed E-state index contributed by atoms with van der Waals surface area (Å²) in [7, 11) is 0. The summed E-state index contributed by atoms with van der Waals surface area (Å²) in [6, 6.07) is 5.83. The minimum absolute atomic E-state index is 0.0505. The number of hydrogen-bond acceptors (Lipinski definition) is 4. The summed E-state index contributed by atoms with van der Waals surface area (Å²) in [6.07, 6.45) is 0. The zero-order valence-corrected chi connectivity index (χ0v) is 12.7. The van der Waals surface area contributed by atoms with Crippen LogP contribution in [0, 0.1) is 5.82 Å². The minimum atomic E-state index is -0.695.